The fraction of sp³-hybridized carbons (Fsp3) is 0. The van der Waals surface area contributed by atoms with Crippen LogP contribution in [0.2, 0.25) is 0 Å². The molecule has 0 saturated heterocycles. The van der Waals surface area contributed by atoms with Gasteiger partial charge in [0.25, 0.3) is 0 Å². The maximum Gasteiger partial charge on any atom is 0.164 e. The highest BCUT2D eigenvalue weighted by Gasteiger charge is 2.15. The Morgan fingerprint density at radius 1 is 0.229 bits per heavy atom. The third kappa shape index (κ3) is 6.03. The van der Waals surface area contributed by atoms with Gasteiger partial charge in [-0.15, -0.1) is 0 Å². The van der Waals surface area contributed by atoms with Crippen LogP contribution < -0.4 is 0 Å². The standard InChI is InChI=1S/C44H30N4/c1-3-9-37(10-4-1)40-13-7-8-14-41(40)44-47-42(38-11-5-2-6-12-38)46-43(48-44)39-25-23-34(24-26-39)33-17-15-31(16-18-33)32-19-21-35(22-20-32)36-27-29-45-30-28-36/h1-30H. The van der Waals surface area contributed by atoms with Crippen LogP contribution in [0, 0.1) is 0 Å². The van der Waals surface area contributed by atoms with E-state index in [-0.39, 0.29) is 0 Å². The van der Waals surface area contributed by atoms with Gasteiger partial charge in [0.2, 0.25) is 0 Å². The van der Waals surface area contributed by atoms with E-state index in [1.165, 1.54) is 16.7 Å². The highest BCUT2D eigenvalue weighted by molar-refractivity contribution is 5.82. The van der Waals surface area contributed by atoms with Gasteiger partial charge in [-0.3, -0.25) is 4.98 Å². The molecule has 0 fully saturated rings. The molecule has 0 radical (unpaired) electrons. The van der Waals surface area contributed by atoms with Gasteiger partial charge in [0, 0.05) is 29.1 Å². The predicted molar refractivity (Wildman–Crippen MR) is 196 cm³/mol. The van der Waals surface area contributed by atoms with E-state index in [0.717, 1.165) is 44.5 Å². The molecule has 0 unspecified atom stereocenters. The van der Waals surface area contributed by atoms with Gasteiger partial charge in [-0.05, 0) is 56.6 Å². The van der Waals surface area contributed by atoms with Crippen molar-refractivity contribution in [2.24, 2.45) is 0 Å². The van der Waals surface area contributed by atoms with Crippen molar-refractivity contribution in [3.63, 3.8) is 0 Å². The van der Waals surface area contributed by atoms with Crippen LogP contribution in [0.3, 0.4) is 0 Å². The molecule has 0 aliphatic carbocycles. The number of rotatable bonds is 7. The molecule has 0 saturated carbocycles. The second kappa shape index (κ2) is 13.1. The number of nitrogens with zero attached hydrogens (tertiary/aromatic N) is 4. The van der Waals surface area contributed by atoms with Crippen molar-refractivity contribution in [2.45, 2.75) is 0 Å². The fourth-order valence-corrected chi connectivity index (χ4v) is 5.96. The molecule has 4 heteroatoms. The first-order chi connectivity index (χ1) is 23.8. The van der Waals surface area contributed by atoms with Gasteiger partial charge < -0.3 is 0 Å². The van der Waals surface area contributed by atoms with E-state index < -0.39 is 0 Å². The minimum Gasteiger partial charge on any atom is -0.265 e. The van der Waals surface area contributed by atoms with Gasteiger partial charge in [0.05, 0.1) is 0 Å². The van der Waals surface area contributed by atoms with Crippen molar-refractivity contribution in [1.82, 2.24) is 19.9 Å². The molecule has 2 aromatic heterocycles. The predicted octanol–water partition coefficient (Wildman–Crippen LogP) is 10.9. The molecule has 4 nitrogen and oxygen atoms in total. The van der Waals surface area contributed by atoms with Crippen LogP contribution in [0.4, 0.5) is 0 Å². The first kappa shape index (κ1) is 28.9. The smallest absolute Gasteiger partial charge is 0.164 e. The molecule has 6 aromatic carbocycles. The van der Waals surface area contributed by atoms with E-state index in [0.29, 0.717) is 17.5 Å². The number of hydrogen-bond acceptors (Lipinski definition) is 4. The summed E-state index contributed by atoms with van der Waals surface area (Å²) in [6.07, 6.45) is 3.65. The maximum absolute atomic E-state index is 5.03. The summed E-state index contributed by atoms with van der Waals surface area (Å²) in [6, 6.07) is 58.6. The van der Waals surface area contributed by atoms with Gasteiger partial charge in [0.15, 0.2) is 17.5 Å². The molecular weight excluding hydrogens is 585 g/mol. The van der Waals surface area contributed by atoms with Crippen LogP contribution in [0.15, 0.2) is 182 Å². The van der Waals surface area contributed by atoms with E-state index in [1.807, 2.05) is 67.0 Å². The zero-order valence-corrected chi connectivity index (χ0v) is 26.1. The van der Waals surface area contributed by atoms with Gasteiger partial charge in [0.1, 0.15) is 0 Å². The third-order valence-corrected chi connectivity index (χ3v) is 8.51. The summed E-state index contributed by atoms with van der Waals surface area (Å²) < 4.78 is 0. The topological polar surface area (TPSA) is 51.6 Å². The summed E-state index contributed by atoms with van der Waals surface area (Å²) in [5.41, 5.74) is 12.0. The van der Waals surface area contributed by atoms with E-state index >= 15 is 0 Å². The first-order valence-electron chi connectivity index (χ1n) is 16.0. The SMILES string of the molecule is c1ccc(-c2nc(-c3ccc(-c4ccc(-c5ccc(-c6ccncc6)cc5)cc4)cc3)nc(-c3ccccc3-c3ccccc3)n2)cc1. The molecule has 0 spiro atoms. The average molecular weight is 615 g/mol. The lowest BCUT2D eigenvalue weighted by Crippen LogP contribution is -2.01. The maximum atomic E-state index is 5.03. The molecule has 48 heavy (non-hydrogen) atoms. The van der Waals surface area contributed by atoms with Gasteiger partial charge in [-0.25, -0.2) is 15.0 Å². The van der Waals surface area contributed by atoms with E-state index in [1.54, 1.807) is 0 Å². The third-order valence-electron chi connectivity index (χ3n) is 8.51. The van der Waals surface area contributed by atoms with Crippen LogP contribution in [0.25, 0.3) is 78.7 Å². The fourth-order valence-electron chi connectivity index (χ4n) is 5.96. The zero-order chi connectivity index (χ0) is 32.1. The summed E-state index contributed by atoms with van der Waals surface area (Å²) in [7, 11) is 0. The number of hydrogen-bond donors (Lipinski definition) is 0. The Morgan fingerprint density at radius 3 is 1.04 bits per heavy atom. The van der Waals surface area contributed by atoms with Crippen molar-refractivity contribution < 1.29 is 0 Å². The molecule has 0 N–H and O–H groups in total. The summed E-state index contributed by atoms with van der Waals surface area (Å²) >= 11 is 0. The summed E-state index contributed by atoms with van der Waals surface area (Å²) in [5, 5.41) is 0. The van der Waals surface area contributed by atoms with E-state index in [9.17, 15) is 0 Å². The van der Waals surface area contributed by atoms with Crippen molar-refractivity contribution in [1.29, 1.82) is 0 Å². The Balaban J connectivity index is 1.10. The lowest BCUT2D eigenvalue weighted by molar-refractivity contribution is 1.07. The van der Waals surface area contributed by atoms with Gasteiger partial charge in [-0.2, -0.15) is 0 Å². The normalized spacial score (nSPS) is 10.9. The molecule has 0 amide bonds. The Morgan fingerprint density at radius 2 is 0.562 bits per heavy atom. The highest BCUT2D eigenvalue weighted by Crippen LogP contribution is 2.33. The molecular formula is C44H30N4. The summed E-state index contributed by atoms with van der Waals surface area (Å²) in [6.45, 7) is 0. The second-order valence-electron chi connectivity index (χ2n) is 11.6. The van der Waals surface area contributed by atoms with E-state index in [2.05, 4.69) is 120 Å². The number of aromatic nitrogens is 4. The van der Waals surface area contributed by atoms with Crippen LogP contribution in [0.1, 0.15) is 0 Å². The van der Waals surface area contributed by atoms with Crippen molar-refractivity contribution in [2.75, 3.05) is 0 Å². The quantitative estimate of drug-likeness (QED) is 0.179. The number of benzene rings is 6. The van der Waals surface area contributed by atoms with E-state index in [4.69, 9.17) is 15.0 Å². The minimum absolute atomic E-state index is 0.638. The molecule has 0 atom stereocenters. The van der Waals surface area contributed by atoms with Crippen molar-refractivity contribution >= 4 is 0 Å². The molecule has 226 valence electrons. The van der Waals surface area contributed by atoms with Crippen LogP contribution in [-0.2, 0) is 0 Å². The molecule has 0 bridgehead atoms. The zero-order valence-electron chi connectivity index (χ0n) is 26.1. The molecule has 8 rings (SSSR count). The van der Waals surface area contributed by atoms with Crippen LogP contribution in [0.5, 0.6) is 0 Å². The van der Waals surface area contributed by atoms with Crippen LogP contribution in [-0.4, -0.2) is 19.9 Å². The number of pyridine rings is 1. The minimum atomic E-state index is 0.638. The molecule has 0 aliphatic heterocycles. The molecule has 2 heterocycles. The lowest BCUT2D eigenvalue weighted by Gasteiger charge is -2.12. The Kier molecular flexibility index (Phi) is 7.87. The van der Waals surface area contributed by atoms with Crippen LogP contribution >= 0.6 is 0 Å². The second-order valence-corrected chi connectivity index (χ2v) is 11.6. The Bertz CT molecular complexity index is 2280. The molecule has 0 aliphatic rings. The monoisotopic (exact) mass is 614 g/mol. The van der Waals surface area contributed by atoms with Crippen molar-refractivity contribution in [3.05, 3.63) is 182 Å². The van der Waals surface area contributed by atoms with Gasteiger partial charge >= 0.3 is 0 Å². The summed E-state index contributed by atoms with van der Waals surface area (Å²) in [5.74, 6) is 1.93. The van der Waals surface area contributed by atoms with Gasteiger partial charge in [-0.1, -0.05) is 158 Å². The Hall–Kier alpha value is -6.52. The largest absolute Gasteiger partial charge is 0.265 e. The first-order valence-corrected chi connectivity index (χ1v) is 16.0. The highest BCUT2D eigenvalue weighted by atomic mass is 15.0. The Labute approximate surface area is 280 Å². The lowest BCUT2D eigenvalue weighted by atomic mass is 9.98. The average Bonchev–Trinajstić information content (AvgIpc) is 3.19. The summed E-state index contributed by atoms with van der Waals surface area (Å²) in [4.78, 5) is 19.1. The molecule has 8 aromatic rings. The van der Waals surface area contributed by atoms with Crippen molar-refractivity contribution in [3.8, 4) is 78.7 Å².